The van der Waals surface area contributed by atoms with Gasteiger partial charge in [0.25, 0.3) is 0 Å². The van der Waals surface area contributed by atoms with E-state index in [1.807, 2.05) is 0 Å². The minimum absolute atomic E-state index is 0.00138. The molecule has 3 N–H and O–H groups in total. The van der Waals surface area contributed by atoms with Crippen LogP contribution in [0.3, 0.4) is 0 Å². The third-order valence-corrected chi connectivity index (χ3v) is 6.77. The SMILES string of the molecule is CC1C2C[C@@H](C(=O)NCc3cccc(Cl)c3F)N(C(=O)Cn3cnc4c(N)ncnc43)C12. The van der Waals surface area contributed by atoms with Gasteiger partial charge in [0.15, 0.2) is 11.5 Å². The van der Waals surface area contributed by atoms with Crippen LogP contribution in [0.2, 0.25) is 5.02 Å². The summed E-state index contributed by atoms with van der Waals surface area (Å²) in [5.41, 5.74) is 7.01. The zero-order valence-corrected chi connectivity index (χ0v) is 18.0. The molecule has 1 aliphatic carbocycles. The van der Waals surface area contributed by atoms with Crippen LogP contribution in [0, 0.1) is 17.7 Å². The Labute approximate surface area is 187 Å². The summed E-state index contributed by atoms with van der Waals surface area (Å²) >= 11 is 5.82. The van der Waals surface area contributed by atoms with Crippen molar-refractivity contribution in [2.75, 3.05) is 5.73 Å². The van der Waals surface area contributed by atoms with Gasteiger partial charge in [-0.05, 0) is 24.3 Å². The maximum atomic E-state index is 14.1. The second-order valence-electron chi connectivity index (χ2n) is 8.30. The lowest BCUT2D eigenvalue weighted by atomic mass is 10.1. The van der Waals surface area contributed by atoms with Crippen molar-refractivity contribution in [1.82, 2.24) is 29.7 Å². The first kappa shape index (κ1) is 20.6. The highest BCUT2D eigenvalue weighted by atomic mass is 35.5. The lowest BCUT2D eigenvalue weighted by molar-refractivity contribution is -0.140. The van der Waals surface area contributed by atoms with Crippen molar-refractivity contribution in [3.63, 3.8) is 0 Å². The van der Waals surface area contributed by atoms with Crippen LogP contribution in [-0.2, 0) is 22.7 Å². The van der Waals surface area contributed by atoms with Crippen LogP contribution < -0.4 is 11.1 Å². The Hall–Kier alpha value is -3.27. The number of rotatable bonds is 5. The maximum absolute atomic E-state index is 14.1. The lowest BCUT2D eigenvalue weighted by Crippen LogP contribution is -2.49. The number of nitrogens with zero attached hydrogens (tertiary/aromatic N) is 5. The maximum Gasteiger partial charge on any atom is 0.243 e. The van der Waals surface area contributed by atoms with Gasteiger partial charge in [-0.3, -0.25) is 9.59 Å². The topological polar surface area (TPSA) is 119 Å². The van der Waals surface area contributed by atoms with Crippen LogP contribution in [0.5, 0.6) is 0 Å². The molecule has 1 aromatic carbocycles. The van der Waals surface area contributed by atoms with E-state index in [1.165, 1.54) is 18.7 Å². The minimum atomic E-state index is -0.606. The van der Waals surface area contributed by atoms with Gasteiger partial charge in [0.05, 0.1) is 11.3 Å². The second kappa shape index (κ2) is 7.70. The summed E-state index contributed by atoms with van der Waals surface area (Å²) in [6.45, 7) is 2.05. The van der Waals surface area contributed by atoms with Gasteiger partial charge in [0.2, 0.25) is 11.8 Å². The highest BCUT2D eigenvalue weighted by molar-refractivity contribution is 6.30. The fourth-order valence-corrected chi connectivity index (χ4v) is 4.91. The van der Waals surface area contributed by atoms with E-state index >= 15 is 0 Å². The van der Waals surface area contributed by atoms with E-state index in [9.17, 15) is 14.0 Å². The van der Waals surface area contributed by atoms with Crippen LogP contribution in [0.1, 0.15) is 18.9 Å². The number of carbonyl (C=O) groups excluding carboxylic acids is 2. The molecule has 32 heavy (non-hydrogen) atoms. The van der Waals surface area contributed by atoms with E-state index in [2.05, 4.69) is 27.2 Å². The number of hydrogen-bond acceptors (Lipinski definition) is 6. The number of nitrogens with one attached hydrogen (secondary N) is 1. The molecule has 0 spiro atoms. The van der Waals surface area contributed by atoms with Crippen molar-refractivity contribution in [2.45, 2.75) is 38.5 Å². The number of imidazole rings is 1. The summed E-state index contributed by atoms with van der Waals surface area (Å²) in [4.78, 5) is 40.1. The third kappa shape index (κ3) is 3.35. The number of nitrogens with two attached hydrogens (primary N) is 1. The first-order chi connectivity index (χ1) is 15.4. The van der Waals surface area contributed by atoms with Crippen molar-refractivity contribution >= 4 is 40.4 Å². The fraction of sp³-hybridized carbons (Fsp3) is 0.381. The summed E-state index contributed by atoms with van der Waals surface area (Å²) < 4.78 is 15.8. The quantitative estimate of drug-likeness (QED) is 0.602. The van der Waals surface area contributed by atoms with Gasteiger partial charge in [-0.25, -0.2) is 19.3 Å². The monoisotopic (exact) mass is 457 g/mol. The number of aromatic nitrogens is 4. The molecule has 3 heterocycles. The summed E-state index contributed by atoms with van der Waals surface area (Å²) in [6.07, 6.45) is 3.40. The molecule has 9 nitrogen and oxygen atoms in total. The normalized spacial score (nSPS) is 23.9. The number of piperidine rings is 1. The van der Waals surface area contributed by atoms with Crippen LogP contribution >= 0.6 is 11.6 Å². The Morgan fingerprint density at radius 1 is 1.31 bits per heavy atom. The molecule has 4 atom stereocenters. The Morgan fingerprint density at radius 3 is 2.94 bits per heavy atom. The Kier molecular flexibility index (Phi) is 4.96. The van der Waals surface area contributed by atoms with Gasteiger partial charge in [0.1, 0.15) is 30.2 Å². The standard InChI is InChI=1S/C21H21ClFN7O2/c1-10-12-5-14(21(32)25-6-11-3-2-4-13(22)16(11)23)30(18(10)12)15(31)7-29-9-28-17-19(24)26-8-27-20(17)29/h2-4,8-10,12,14,18H,5-7H2,1H3,(H,25,32)(H2,24,26,27)/t10?,12?,14-,18?/m0/s1. The molecule has 0 radical (unpaired) electrons. The highest BCUT2D eigenvalue weighted by Gasteiger charge is 2.61. The number of likely N-dealkylation sites (tertiary alicyclic amines) is 1. The van der Waals surface area contributed by atoms with Gasteiger partial charge in [-0.1, -0.05) is 30.7 Å². The summed E-state index contributed by atoms with van der Waals surface area (Å²) in [7, 11) is 0. The van der Waals surface area contributed by atoms with Crippen LogP contribution in [0.25, 0.3) is 11.2 Å². The molecule has 3 aromatic rings. The summed E-state index contributed by atoms with van der Waals surface area (Å²) in [6, 6.07) is 4.06. The number of halogens is 2. The van der Waals surface area contributed by atoms with Crippen molar-refractivity contribution in [3.8, 4) is 0 Å². The van der Waals surface area contributed by atoms with Crippen molar-refractivity contribution in [3.05, 3.63) is 47.3 Å². The number of amides is 2. The zero-order valence-electron chi connectivity index (χ0n) is 17.2. The number of nitrogen functional groups attached to an aromatic ring is 1. The molecule has 3 unspecified atom stereocenters. The van der Waals surface area contributed by atoms with Crippen LogP contribution in [-0.4, -0.2) is 48.3 Å². The third-order valence-electron chi connectivity index (χ3n) is 6.47. The number of anilines is 1. The molecule has 5 rings (SSSR count). The first-order valence-corrected chi connectivity index (χ1v) is 10.7. The van der Waals surface area contributed by atoms with E-state index in [0.717, 1.165) is 0 Å². The van der Waals surface area contributed by atoms with Crippen LogP contribution in [0.4, 0.5) is 10.2 Å². The van der Waals surface area contributed by atoms with Crippen molar-refractivity contribution in [1.29, 1.82) is 0 Å². The minimum Gasteiger partial charge on any atom is -0.382 e. The Balaban J connectivity index is 1.32. The van der Waals surface area contributed by atoms with E-state index in [-0.39, 0.29) is 47.7 Å². The second-order valence-corrected chi connectivity index (χ2v) is 8.71. The molecule has 2 amide bonds. The molecular weight excluding hydrogens is 437 g/mol. The molecule has 2 fully saturated rings. The molecule has 1 saturated heterocycles. The Bertz CT molecular complexity index is 1230. The van der Waals surface area contributed by atoms with Crippen LogP contribution in [0.15, 0.2) is 30.9 Å². The first-order valence-electron chi connectivity index (χ1n) is 10.3. The van der Waals surface area contributed by atoms with Crippen molar-refractivity contribution < 1.29 is 14.0 Å². The molecule has 1 aliphatic heterocycles. The number of carbonyl (C=O) groups is 2. The van der Waals surface area contributed by atoms with Gasteiger partial charge >= 0.3 is 0 Å². The van der Waals surface area contributed by atoms with E-state index < -0.39 is 11.9 Å². The molecule has 2 aliphatic rings. The fourth-order valence-electron chi connectivity index (χ4n) is 4.72. The van der Waals surface area contributed by atoms with Gasteiger partial charge < -0.3 is 20.5 Å². The summed E-state index contributed by atoms with van der Waals surface area (Å²) in [5, 5.41) is 2.76. The lowest BCUT2D eigenvalue weighted by Gasteiger charge is -2.28. The largest absolute Gasteiger partial charge is 0.382 e. The van der Waals surface area contributed by atoms with Gasteiger partial charge in [-0.2, -0.15) is 0 Å². The predicted octanol–water partition coefficient (Wildman–Crippen LogP) is 1.75. The molecule has 166 valence electrons. The number of hydrogen-bond donors (Lipinski definition) is 2. The molecule has 11 heteroatoms. The molecular formula is C21H21ClFN7O2. The van der Waals surface area contributed by atoms with Gasteiger partial charge in [-0.15, -0.1) is 0 Å². The number of fused-ring (bicyclic) bond motifs is 2. The molecule has 1 saturated carbocycles. The summed E-state index contributed by atoms with van der Waals surface area (Å²) in [5.74, 6) is -0.199. The van der Waals surface area contributed by atoms with E-state index in [4.69, 9.17) is 17.3 Å². The van der Waals surface area contributed by atoms with Gasteiger partial charge in [0, 0.05) is 18.2 Å². The zero-order chi connectivity index (χ0) is 22.6. The van der Waals surface area contributed by atoms with Crippen molar-refractivity contribution in [2.24, 2.45) is 11.8 Å². The Morgan fingerprint density at radius 2 is 2.12 bits per heavy atom. The average Bonchev–Trinajstić information content (AvgIpc) is 3.11. The van der Waals surface area contributed by atoms with E-state index in [1.54, 1.807) is 21.6 Å². The van der Waals surface area contributed by atoms with E-state index in [0.29, 0.717) is 29.1 Å². The number of benzene rings is 1. The average molecular weight is 458 g/mol. The smallest absolute Gasteiger partial charge is 0.243 e. The highest BCUT2D eigenvalue weighted by Crippen LogP contribution is 2.53. The molecule has 0 bridgehead atoms. The molecule has 2 aromatic heterocycles. The predicted molar refractivity (Wildman–Crippen MR) is 115 cm³/mol.